The molecule has 4 aliphatic rings. The number of halogens is 1. The zero-order valence-corrected chi connectivity index (χ0v) is 19.2. The van der Waals surface area contributed by atoms with Gasteiger partial charge in [0.2, 0.25) is 0 Å². The smallest absolute Gasteiger partial charge is 0.184 e. The van der Waals surface area contributed by atoms with Gasteiger partial charge in [0.1, 0.15) is 5.76 Å². The van der Waals surface area contributed by atoms with Gasteiger partial charge < -0.3 is 15.2 Å². The highest BCUT2D eigenvalue weighted by Gasteiger charge is 2.23. The third-order valence-corrected chi connectivity index (χ3v) is 9.33. The quantitative estimate of drug-likeness (QED) is 0.518. The van der Waals surface area contributed by atoms with Crippen LogP contribution in [0.25, 0.3) is 5.57 Å². The Morgan fingerprint density at radius 3 is 3.17 bits per heavy atom. The predicted molar refractivity (Wildman–Crippen MR) is 129 cm³/mol. The van der Waals surface area contributed by atoms with E-state index >= 15 is 0 Å². The van der Waals surface area contributed by atoms with E-state index in [9.17, 15) is 5.11 Å². The van der Waals surface area contributed by atoms with Crippen LogP contribution >= 0.6 is 32.1 Å². The van der Waals surface area contributed by atoms with E-state index in [0.717, 1.165) is 53.8 Å². The Kier molecular flexibility index (Phi) is 5.83. The van der Waals surface area contributed by atoms with E-state index in [2.05, 4.69) is 45.9 Å². The molecule has 6 heteroatoms. The van der Waals surface area contributed by atoms with Crippen LogP contribution in [-0.2, 0) is 11.3 Å². The standard InChI is InChI=1S/C23H25IN2O2S/c27-14-21-22(17-6-5-15-3-1-2-4-18(11-15)24-13-17)26-23(29-21)25-19-7-8-20-16(12-19)9-10-28-20/h1-4,8,12-13,15,19,27H,5-7,9-11,14H2,(H,25,26)/b17-13+. The van der Waals surface area contributed by atoms with Gasteiger partial charge in [-0.15, -0.1) is 0 Å². The predicted octanol–water partition coefficient (Wildman–Crippen LogP) is 5.46. The minimum absolute atomic E-state index is 0.0494. The molecular weight excluding hydrogens is 495 g/mol. The Morgan fingerprint density at radius 2 is 2.24 bits per heavy atom. The zero-order chi connectivity index (χ0) is 19.6. The van der Waals surface area contributed by atoms with Crippen LogP contribution in [0.4, 0.5) is 5.13 Å². The molecule has 0 aromatic carbocycles. The molecule has 29 heavy (non-hydrogen) atoms. The van der Waals surface area contributed by atoms with E-state index in [1.165, 1.54) is 17.6 Å². The average Bonchev–Trinajstić information content (AvgIpc) is 3.26. The minimum Gasteiger partial charge on any atom is -0.493 e. The molecule has 1 aromatic heterocycles. The Balaban J connectivity index is 1.38. The van der Waals surface area contributed by atoms with Crippen LogP contribution in [0.2, 0.25) is 0 Å². The van der Waals surface area contributed by atoms with Gasteiger partial charge in [-0.25, -0.2) is 4.98 Å². The topological polar surface area (TPSA) is 54.4 Å². The molecule has 5 rings (SSSR count). The third-order valence-electron chi connectivity index (χ3n) is 5.70. The van der Waals surface area contributed by atoms with Crippen molar-refractivity contribution >= 4 is 46.3 Å². The minimum atomic E-state index is -0.130. The van der Waals surface area contributed by atoms with Crippen molar-refractivity contribution in [3.05, 3.63) is 62.4 Å². The van der Waals surface area contributed by atoms with Crippen LogP contribution in [0.15, 0.2) is 51.9 Å². The van der Waals surface area contributed by atoms with Crippen molar-refractivity contribution in [1.82, 2.24) is 4.98 Å². The number of ether oxygens (including phenoxy) is 1. The Labute approximate surface area is 185 Å². The van der Waals surface area contributed by atoms with Gasteiger partial charge >= 0.3 is 0 Å². The zero-order valence-electron chi connectivity index (χ0n) is 16.2. The van der Waals surface area contributed by atoms with Crippen LogP contribution in [0, 0.1) is 5.92 Å². The van der Waals surface area contributed by atoms with Crippen molar-refractivity contribution in [1.29, 1.82) is 0 Å². The van der Waals surface area contributed by atoms with Gasteiger partial charge in [-0.1, -0.05) is 62.4 Å². The first-order valence-corrected chi connectivity index (χ1v) is 13.4. The normalized spacial score (nSPS) is 27.6. The van der Waals surface area contributed by atoms with Gasteiger partial charge in [0.25, 0.3) is 0 Å². The molecule has 2 aliphatic heterocycles. The second kappa shape index (κ2) is 8.70. The molecule has 2 N–H and O–H groups in total. The molecule has 1 fully saturated rings. The molecule has 1 aromatic rings. The van der Waals surface area contributed by atoms with Gasteiger partial charge in [0.05, 0.1) is 29.8 Å². The summed E-state index contributed by atoms with van der Waals surface area (Å²) >= 11 is 1.46. The number of aromatic nitrogens is 1. The van der Waals surface area contributed by atoms with Crippen LogP contribution < -0.4 is 5.32 Å². The highest BCUT2D eigenvalue weighted by Crippen LogP contribution is 2.37. The van der Waals surface area contributed by atoms with E-state index in [4.69, 9.17) is 9.72 Å². The van der Waals surface area contributed by atoms with E-state index in [0.29, 0.717) is 5.92 Å². The summed E-state index contributed by atoms with van der Waals surface area (Å²) in [7, 11) is 0. The lowest BCUT2D eigenvalue weighted by Crippen LogP contribution is -2.19. The second-order valence-corrected chi connectivity index (χ2v) is 11.4. The molecular formula is C23H25IN2O2S. The number of hydrogen-bond donors (Lipinski definition) is 2. The Hall–Kier alpha value is -1.51. The molecule has 0 saturated carbocycles. The summed E-state index contributed by atoms with van der Waals surface area (Å²) in [5, 5.41) is 14.5. The molecule has 1 saturated heterocycles. The third kappa shape index (κ3) is 4.34. The van der Waals surface area contributed by atoms with Crippen LogP contribution in [0.3, 0.4) is 0 Å². The fourth-order valence-electron chi connectivity index (χ4n) is 4.17. The van der Waals surface area contributed by atoms with E-state index < -0.39 is 0 Å². The van der Waals surface area contributed by atoms with Crippen molar-refractivity contribution in [2.75, 3.05) is 11.9 Å². The SMILES string of the molecule is OCc1sc(NC2C=C3CCOC3=CC2)nc1/C1=C/I=C2C=CC=CC(CC1)C2. The van der Waals surface area contributed by atoms with Crippen molar-refractivity contribution in [3.8, 4) is 0 Å². The number of rotatable bonds is 4. The Bertz CT molecular complexity index is 983. The molecule has 0 radical (unpaired) electrons. The van der Waals surface area contributed by atoms with Crippen LogP contribution in [0.5, 0.6) is 0 Å². The van der Waals surface area contributed by atoms with Crippen molar-refractivity contribution < 1.29 is 9.84 Å². The number of nitrogens with one attached hydrogen (secondary N) is 1. The lowest BCUT2D eigenvalue weighted by molar-refractivity contribution is 0.263. The summed E-state index contributed by atoms with van der Waals surface area (Å²) in [5.41, 5.74) is 3.64. The van der Waals surface area contributed by atoms with Gasteiger partial charge in [-0.2, -0.15) is 0 Å². The van der Waals surface area contributed by atoms with Gasteiger partial charge in [0, 0.05) is 6.42 Å². The summed E-state index contributed by atoms with van der Waals surface area (Å²) in [4.78, 5) is 5.92. The number of thiazole rings is 1. The second-order valence-electron chi connectivity index (χ2n) is 7.73. The first-order valence-electron chi connectivity index (χ1n) is 10.2. The Morgan fingerprint density at radius 1 is 1.28 bits per heavy atom. The van der Waals surface area contributed by atoms with E-state index in [-0.39, 0.29) is 33.4 Å². The molecule has 152 valence electrons. The monoisotopic (exact) mass is 520 g/mol. The maximum Gasteiger partial charge on any atom is 0.184 e. The van der Waals surface area contributed by atoms with Gasteiger partial charge in [-0.3, -0.25) is 0 Å². The number of aliphatic hydroxyl groups is 1. The van der Waals surface area contributed by atoms with E-state index in [1.807, 2.05) is 0 Å². The highest BCUT2D eigenvalue weighted by atomic mass is 127. The molecule has 3 heterocycles. The number of anilines is 1. The van der Waals surface area contributed by atoms with Crippen molar-refractivity contribution in [2.24, 2.45) is 5.92 Å². The maximum atomic E-state index is 9.98. The number of nitrogens with zero attached hydrogens (tertiary/aromatic N) is 1. The lowest BCUT2D eigenvalue weighted by atomic mass is 9.95. The largest absolute Gasteiger partial charge is 0.493 e. The number of allylic oxidation sites excluding steroid dienone is 6. The molecule has 2 aliphatic carbocycles. The molecule has 4 nitrogen and oxygen atoms in total. The summed E-state index contributed by atoms with van der Waals surface area (Å²) in [5.74, 6) is 1.69. The molecule has 0 spiro atoms. The van der Waals surface area contributed by atoms with Crippen molar-refractivity contribution in [3.63, 3.8) is 0 Å². The first-order chi connectivity index (χ1) is 14.3. The summed E-state index contributed by atoms with van der Waals surface area (Å²) in [6, 6.07) is 0.244. The van der Waals surface area contributed by atoms with E-state index in [1.54, 1.807) is 14.8 Å². The first kappa shape index (κ1) is 19.5. The maximum absolute atomic E-state index is 9.98. The van der Waals surface area contributed by atoms with Crippen molar-refractivity contribution in [2.45, 2.75) is 44.8 Å². The molecule has 2 bridgehead atoms. The fraction of sp³-hybridized carbons (Fsp3) is 0.391. The molecule has 2 unspecified atom stereocenters. The van der Waals surface area contributed by atoms with Gasteiger partial charge in [-0.05, 0) is 56.4 Å². The summed E-state index contributed by atoms with van der Waals surface area (Å²) in [6.07, 6.45) is 18.8. The summed E-state index contributed by atoms with van der Waals surface area (Å²) < 4.78 is 9.66. The van der Waals surface area contributed by atoms with Crippen LogP contribution in [0.1, 0.15) is 42.7 Å². The van der Waals surface area contributed by atoms with Crippen LogP contribution in [-0.4, -0.2) is 26.2 Å². The lowest BCUT2D eigenvalue weighted by Gasteiger charge is -2.18. The number of aliphatic hydroxyl groups excluding tert-OH is 1. The number of fused-ring (bicyclic) bond motifs is 3. The molecule has 0 amide bonds. The summed E-state index contributed by atoms with van der Waals surface area (Å²) in [6.45, 7) is 0.843. The average molecular weight is 520 g/mol. The number of hydrogen-bond acceptors (Lipinski definition) is 5. The molecule has 2 atom stereocenters. The van der Waals surface area contributed by atoms with Gasteiger partial charge in [0.15, 0.2) is 5.13 Å². The fourth-order valence-corrected chi connectivity index (χ4v) is 7.70. The highest BCUT2D eigenvalue weighted by molar-refractivity contribution is 14.2.